The first-order valence-corrected chi connectivity index (χ1v) is 10.4. The predicted molar refractivity (Wildman–Crippen MR) is 111 cm³/mol. The average Bonchev–Trinajstić information content (AvgIpc) is 2.76. The Morgan fingerprint density at radius 2 is 1.63 bits per heavy atom. The van der Waals surface area contributed by atoms with Gasteiger partial charge in [-0.05, 0) is 13.8 Å². The summed E-state index contributed by atoms with van der Waals surface area (Å²) in [6, 6.07) is 3.14. The standard InChI is InChI=1S/C20H30N4O6/c1-3-29-18-13-16(17(24(26)27)14-19(18)30-4-2)22-7-5-21(6-8-22)15-20(25)23-9-11-28-12-10-23/h13-14H,3-12,15H2,1-2H3. The first-order valence-electron chi connectivity index (χ1n) is 10.4. The summed E-state index contributed by atoms with van der Waals surface area (Å²) in [5, 5.41) is 11.7. The van der Waals surface area contributed by atoms with Gasteiger partial charge in [-0.3, -0.25) is 19.8 Å². The fourth-order valence-corrected chi connectivity index (χ4v) is 3.73. The molecule has 0 bridgehead atoms. The third-order valence-electron chi connectivity index (χ3n) is 5.27. The lowest BCUT2D eigenvalue weighted by molar-refractivity contribution is -0.384. The molecule has 0 aliphatic carbocycles. The number of ether oxygens (including phenoxy) is 3. The van der Waals surface area contributed by atoms with Crippen molar-refractivity contribution in [3.05, 3.63) is 22.2 Å². The van der Waals surface area contributed by atoms with E-state index in [1.54, 1.807) is 6.07 Å². The highest BCUT2D eigenvalue weighted by atomic mass is 16.6. The minimum absolute atomic E-state index is 0.000235. The lowest BCUT2D eigenvalue weighted by atomic mass is 10.2. The number of anilines is 1. The van der Waals surface area contributed by atoms with Gasteiger partial charge >= 0.3 is 0 Å². The summed E-state index contributed by atoms with van der Waals surface area (Å²) in [5.74, 6) is 0.992. The molecule has 2 aliphatic rings. The molecule has 0 aromatic heterocycles. The second kappa shape index (κ2) is 10.4. The molecule has 2 heterocycles. The number of carbonyl (C=O) groups is 1. The van der Waals surface area contributed by atoms with Crippen LogP contribution in [0.4, 0.5) is 11.4 Å². The maximum absolute atomic E-state index is 12.5. The van der Waals surface area contributed by atoms with Gasteiger partial charge in [-0.2, -0.15) is 0 Å². The van der Waals surface area contributed by atoms with Gasteiger partial charge in [0.05, 0.1) is 44.0 Å². The molecule has 0 atom stereocenters. The monoisotopic (exact) mass is 422 g/mol. The van der Waals surface area contributed by atoms with E-state index >= 15 is 0 Å². The maximum atomic E-state index is 12.5. The summed E-state index contributed by atoms with van der Waals surface area (Å²) in [6.07, 6.45) is 0. The van der Waals surface area contributed by atoms with Crippen molar-refractivity contribution in [2.75, 3.05) is 77.1 Å². The molecule has 166 valence electrons. The van der Waals surface area contributed by atoms with Crippen LogP contribution in [0.25, 0.3) is 0 Å². The molecule has 1 amide bonds. The van der Waals surface area contributed by atoms with Gasteiger partial charge in [-0.25, -0.2) is 0 Å². The molecule has 10 nitrogen and oxygen atoms in total. The number of nitro groups is 1. The summed E-state index contributed by atoms with van der Waals surface area (Å²) in [6.45, 7) is 9.84. The van der Waals surface area contributed by atoms with Gasteiger partial charge in [-0.15, -0.1) is 0 Å². The molecule has 0 spiro atoms. The van der Waals surface area contributed by atoms with E-state index < -0.39 is 0 Å². The molecule has 2 aliphatic heterocycles. The number of hydrogen-bond donors (Lipinski definition) is 0. The number of morpholine rings is 1. The van der Waals surface area contributed by atoms with E-state index in [9.17, 15) is 14.9 Å². The van der Waals surface area contributed by atoms with Crippen molar-refractivity contribution >= 4 is 17.3 Å². The normalized spacial score (nSPS) is 17.7. The Bertz CT molecular complexity index is 745. The smallest absolute Gasteiger partial charge is 0.296 e. The Balaban J connectivity index is 1.68. The van der Waals surface area contributed by atoms with E-state index in [0.717, 1.165) is 0 Å². The predicted octanol–water partition coefficient (Wildman–Crippen LogP) is 1.37. The summed E-state index contributed by atoms with van der Waals surface area (Å²) in [5.41, 5.74) is 0.519. The van der Waals surface area contributed by atoms with Crippen molar-refractivity contribution in [1.82, 2.24) is 9.80 Å². The number of nitro benzene ring substituents is 1. The molecule has 3 rings (SSSR count). The zero-order valence-electron chi connectivity index (χ0n) is 17.7. The van der Waals surface area contributed by atoms with Crippen LogP contribution in [0.3, 0.4) is 0 Å². The minimum atomic E-state index is -0.387. The maximum Gasteiger partial charge on any atom is 0.296 e. The van der Waals surface area contributed by atoms with Crippen molar-refractivity contribution in [3.63, 3.8) is 0 Å². The number of carbonyl (C=O) groups excluding carboxylic acids is 1. The molecule has 30 heavy (non-hydrogen) atoms. The molecule has 1 aromatic carbocycles. The van der Waals surface area contributed by atoms with Crippen molar-refractivity contribution in [1.29, 1.82) is 0 Å². The SMILES string of the molecule is CCOc1cc(N2CCN(CC(=O)N3CCOCC3)CC2)c([N+](=O)[O-])cc1OCC. The second-order valence-electron chi connectivity index (χ2n) is 7.17. The molecule has 0 radical (unpaired) electrons. The van der Waals surface area contributed by atoms with E-state index in [0.29, 0.717) is 89.4 Å². The topological polar surface area (TPSA) is 97.6 Å². The van der Waals surface area contributed by atoms with E-state index in [1.165, 1.54) is 6.07 Å². The van der Waals surface area contributed by atoms with Crippen molar-refractivity contribution in [3.8, 4) is 11.5 Å². The van der Waals surface area contributed by atoms with Crippen LogP contribution < -0.4 is 14.4 Å². The Morgan fingerprint density at radius 1 is 1.03 bits per heavy atom. The average molecular weight is 422 g/mol. The van der Waals surface area contributed by atoms with Crippen LogP contribution in [-0.2, 0) is 9.53 Å². The van der Waals surface area contributed by atoms with Crippen LogP contribution in [0.15, 0.2) is 12.1 Å². The fourth-order valence-electron chi connectivity index (χ4n) is 3.73. The third kappa shape index (κ3) is 5.31. The van der Waals surface area contributed by atoms with Gasteiger partial charge < -0.3 is 24.0 Å². The summed E-state index contributed by atoms with van der Waals surface area (Å²) >= 11 is 0. The zero-order chi connectivity index (χ0) is 21.5. The molecular weight excluding hydrogens is 392 g/mol. The largest absolute Gasteiger partial charge is 0.490 e. The number of benzene rings is 1. The van der Waals surface area contributed by atoms with Gasteiger partial charge in [0.2, 0.25) is 5.91 Å². The van der Waals surface area contributed by atoms with E-state index in [2.05, 4.69) is 4.90 Å². The molecular formula is C20H30N4O6. The first-order chi connectivity index (χ1) is 14.5. The van der Waals surface area contributed by atoms with Gasteiger partial charge in [-0.1, -0.05) is 0 Å². The Labute approximate surface area is 176 Å². The lowest BCUT2D eigenvalue weighted by Gasteiger charge is -2.37. The highest BCUT2D eigenvalue weighted by Gasteiger charge is 2.28. The van der Waals surface area contributed by atoms with Gasteiger partial charge in [0.1, 0.15) is 5.69 Å². The lowest BCUT2D eigenvalue weighted by Crippen LogP contribution is -2.51. The van der Waals surface area contributed by atoms with E-state index in [-0.39, 0.29) is 16.5 Å². The molecule has 2 fully saturated rings. The zero-order valence-corrected chi connectivity index (χ0v) is 17.7. The van der Waals surface area contributed by atoms with Crippen LogP contribution in [-0.4, -0.2) is 92.9 Å². The number of rotatable bonds is 8. The Hall–Kier alpha value is -2.59. The van der Waals surface area contributed by atoms with Crippen molar-refractivity contribution < 1.29 is 23.9 Å². The van der Waals surface area contributed by atoms with Crippen LogP contribution >= 0.6 is 0 Å². The van der Waals surface area contributed by atoms with E-state index in [4.69, 9.17) is 14.2 Å². The van der Waals surface area contributed by atoms with Crippen LogP contribution in [0.5, 0.6) is 11.5 Å². The molecule has 0 N–H and O–H groups in total. The molecule has 10 heteroatoms. The van der Waals surface area contributed by atoms with Crippen LogP contribution in [0.1, 0.15) is 13.8 Å². The number of hydrogen-bond acceptors (Lipinski definition) is 8. The van der Waals surface area contributed by atoms with Crippen molar-refractivity contribution in [2.24, 2.45) is 0 Å². The van der Waals surface area contributed by atoms with Gasteiger partial charge in [0, 0.05) is 45.3 Å². The van der Waals surface area contributed by atoms with E-state index in [1.807, 2.05) is 23.6 Å². The molecule has 1 aromatic rings. The quantitative estimate of drug-likeness (QED) is 0.458. The minimum Gasteiger partial charge on any atom is -0.490 e. The van der Waals surface area contributed by atoms with Gasteiger partial charge in [0.15, 0.2) is 11.5 Å². The number of nitrogens with zero attached hydrogens (tertiary/aromatic N) is 4. The fraction of sp³-hybridized carbons (Fsp3) is 0.650. The Morgan fingerprint density at radius 3 is 2.20 bits per heavy atom. The molecule has 2 saturated heterocycles. The molecule has 0 saturated carbocycles. The van der Waals surface area contributed by atoms with Gasteiger partial charge in [0.25, 0.3) is 5.69 Å². The summed E-state index contributed by atoms with van der Waals surface area (Å²) < 4.78 is 16.5. The van der Waals surface area contributed by atoms with Crippen LogP contribution in [0.2, 0.25) is 0 Å². The summed E-state index contributed by atoms with van der Waals surface area (Å²) in [4.78, 5) is 29.7. The second-order valence-corrected chi connectivity index (χ2v) is 7.17. The third-order valence-corrected chi connectivity index (χ3v) is 5.27. The number of piperazine rings is 1. The molecule has 0 unspecified atom stereocenters. The highest BCUT2D eigenvalue weighted by Crippen LogP contribution is 2.40. The Kier molecular flexibility index (Phi) is 7.69. The number of amides is 1. The highest BCUT2D eigenvalue weighted by molar-refractivity contribution is 5.78. The van der Waals surface area contributed by atoms with Crippen LogP contribution in [0, 0.1) is 10.1 Å². The summed E-state index contributed by atoms with van der Waals surface area (Å²) in [7, 11) is 0. The van der Waals surface area contributed by atoms with Crippen molar-refractivity contribution in [2.45, 2.75) is 13.8 Å². The first kappa shape index (κ1) is 22.1.